The van der Waals surface area contributed by atoms with Crippen LogP contribution >= 0.6 is 23.2 Å². The highest BCUT2D eigenvalue weighted by molar-refractivity contribution is 6.36. The van der Waals surface area contributed by atoms with E-state index < -0.39 is 0 Å². The first-order chi connectivity index (χ1) is 14.1. The summed E-state index contributed by atoms with van der Waals surface area (Å²) < 4.78 is 1.87. The maximum atomic E-state index is 12.9. The fourth-order valence-corrected chi connectivity index (χ4v) is 3.54. The number of amides is 1. The van der Waals surface area contributed by atoms with Crippen molar-refractivity contribution in [1.82, 2.24) is 9.78 Å². The van der Waals surface area contributed by atoms with Gasteiger partial charge in [-0.15, -0.1) is 0 Å². The lowest BCUT2D eigenvalue weighted by molar-refractivity contribution is 0.102. The Labute approximate surface area is 178 Å². The number of benzene rings is 3. The molecule has 6 heteroatoms. The Hall–Kier alpha value is -3.08. The second kappa shape index (κ2) is 8.52. The van der Waals surface area contributed by atoms with Crippen molar-refractivity contribution in [3.63, 3.8) is 0 Å². The summed E-state index contributed by atoms with van der Waals surface area (Å²) >= 11 is 12.1. The summed E-state index contributed by atoms with van der Waals surface area (Å²) in [6, 6.07) is 22.5. The molecular formula is C23H17Cl2N3O. The maximum absolute atomic E-state index is 12.9. The van der Waals surface area contributed by atoms with Gasteiger partial charge in [-0.05, 0) is 47.0 Å². The van der Waals surface area contributed by atoms with Crippen molar-refractivity contribution in [1.29, 1.82) is 0 Å². The third-order valence-electron chi connectivity index (χ3n) is 4.52. The minimum atomic E-state index is -0.231. The number of aromatic nitrogens is 2. The third-order valence-corrected chi connectivity index (χ3v) is 5.07. The zero-order chi connectivity index (χ0) is 20.2. The van der Waals surface area contributed by atoms with Gasteiger partial charge in [0.2, 0.25) is 0 Å². The lowest BCUT2D eigenvalue weighted by atomic mass is 9.98. The molecule has 0 fully saturated rings. The fraction of sp³-hybridized carbons (Fsp3) is 0.0435. The van der Waals surface area contributed by atoms with E-state index in [0.29, 0.717) is 27.8 Å². The summed E-state index contributed by atoms with van der Waals surface area (Å²) in [5.41, 5.74) is 4.03. The van der Waals surface area contributed by atoms with Crippen molar-refractivity contribution in [2.75, 3.05) is 5.32 Å². The first-order valence-corrected chi connectivity index (χ1v) is 9.78. The number of rotatable bonds is 5. The molecule has 4 rings (SSSR count). The van der Waals surface area contributed by atoms with E-state index >= 15 is 0 Å². The largest absolute Gasteiger partial charge is 0.321 e. The Kier molecular flexibility index (Phi) is 5.65. The van der Waals surface area contributed by atoms with Gasteiger partial charge in [0.15, 0.2) is 0 Å². The van der Waals surface area contributed by atoms with E-state index in [2.05, 4.69) is 10.4 Å². The lowest BCUT2D eigenvalue weighted by Gasteiger charge is -2.12. The highest BCUT2D eigenvalue weighted by Gasteiger charge is 2.14. The van der Waals surface area contributed by atoms with Gasteiger partial charge < -0.3 is 5.32 Å². The van der Waals surface area contributed by atoms with Crippen molar-refractivity contribution in [2.24, 2.45) is 0 Å². The molecule has 0 aliphatic carbocycles. The van der Waals surface area contributed by atoms with Crippen LogP contribution in [0.5, 0.6) is 0 Å². The standard InChI is InChI=1S/C23H17Cl2N3O/c24-18-10-11-22(21(25)14-18)27-23(29)20-5-2-1-4-19(20)17-8-6-16(7-9-17)15-28-13-3-12-26-28/h1-14H,15H2,(H,27,29). The van der Waals surface area contributed by atoms with E-state index in [9.17, 15) is 4.79 Å². The molecule has 0 saturated heterocycles. The average Bonchev–Trinajstić information content (AvgIpc) is 3.24. The van der Waals surface area contributed by atoms with Crippen molar-refractivity contribution >= 4 is 34.8 Å². The predicted octanol–water partition coefficient (Wildman–Crippen LogP) is 6.16. The van der Waals surface area contributed by atoms with Crippen LogP contribution in [0.4, 0.5) is 5.69 Å². The number of nitrogens with zero attached hydrogens (tertiary/aromatic N) is 2. The summed E-state index contributed by atoms with van der Waals surface area (Å²) in [6.45, 7) is 0.699. The van der Waals surface area contributed by atoms with E-state index in [1.54, 1.807) is 30.5 Å². The number of carbonyl (C=O) groups excluding carboxylic acids is 1. The first kappa shape index (κ1) is 19.2. The first-order valence-electron chi connectivity index (χ1n) is 9.02. The van der Waals surface area contributed by atoms with Gasteiger partial charge in [-0.25, -0.2) is 0 Å². The second-order valence-corrected chi connectivity index (χ2v) is 7.37. The van der Waals surface area contributed by atoms with Gasteiger partial charge in [-0.3, -0.25) is 9.48 Å². The van der Waals surface area contributed by atoms with Crippen LogP contribution in [0.1, 0.15) is 15.9 Å². The molecule has 1 N–H and O–H groups in total. The lowest BCUT2D eigenvalue weighted by Crippen LogP contribution is -2.13. The van der Waals surface area contributed by atoms with Crippen LogP contribution in [0.15, 0.2) is 85.2 Å². The van der Waals surface area contributed by atoms with Crippen LogP contribution in [-0.4, -0.2) is 15.7 Å². The Morgan fingerprint density at radius 2 is 1.76 bits per heavy atom. The molecule has 4 aromatic rings. The number of nitrogens with one attached hydrogen (secondary N) is 1. The molecule has 1 amide bonds. The number of hydrogen-bond acceptors (Lipinski definition) is 2. The van der Waals surface area contributed by atoms with Crippen molar-refractivity contribution < 1.29 is 4.79 Å². The molecule has 0 bridgehead atoms. The van der Waals surface area contributed by atoms with E-state index in [1.807, 2.05) is 59.4 Å². The van der Waals surface area contributed by atoms with Crippen LogP contribution in [0.25, 0.3) is 11.1 Å². The van der Waals surface area contributed by atoms with Gasteiger partial charge in [-0.1, -0.05) is 65.7 Å². The molecule has 0 spiro atoms. The summed E-state index contributed by atoms with van der Waals surface area (Å²) in [4.78, 5) is 12.9. The summed E-state index contributed by atoms with van der Waals surface area (Å²) in [5, 5.41) is 8.00. The molecule has 0 aliphatic rings. The summed E-state index contributed by atoms with van der Waals surface area (Å²) in [6.07, 6.45) is 3.69. The number of halogens is 2. The molecule has 0 atom stereocenters. The van der Waals surface area contributed by atoms with E-state index in [1.165, 1.54) is 0 Å². The minimum Gasteiger partial charge on any atom is -0.321 e. The Morgan fingerprint density at radius 3 is 2.48 bits per heavy atom. The van der Waals surface area contributed by atoms with Gasteiger partial charge in [0, 0.05) is 23.0 Å². The molecule has 0 aliphatic heterocycles. The molecule has 1 aromatic heterocycles. The summed E-state index contributed by atoms with van der Waals surface area (Å²) in [5.74, 6) is -0.231. The number of carbonyl (C=O) groups is 1. The Bertz CT molecular complexity index is 1140. The Morgan fingerprint density at radius 1 is 0.966 bits per heavy atom. The van der Waals surface area contributed by atoms with Gasteiger partial charge >= 0.3 is 0 Å². The molecule has 4 nitrogen and oxygen atoms in total. The van der Waals surface area contributed by atoms with Gasteiger partial charge in [0.25, 0.3) is 5.91 Å². The highest BCUT2D eigenvalue weighted by atomic mass is 35.5. The smallest absolute Gasteiger partial charge is 0.256 e. The molecule has 3 aromatic carbocycles. The SMILES string of the molecule is O=C(Nc1ccc(Cl)cc1Cl)c1ccccc1-c1ccc(Cn2cccn2)cc1. The zero-order valence-corrected chi connectivity index (χ0v) is 16.9. The summed E-state index contributed by atoms with van der Waals surface area (Å²) in [7, 11) is 0. The normalized spacial score (nSPS) is 10.7. The number of anilines is 1. The molecule has 0 unspecified atom stereocenters. The van der Waals surface area contributed by atoms with Crippen molar-refractivity contribution in [2.45, 2.75) is 6.54 Å². The van der Waals surface area contributed by atoms with Crippen LogP contribution in [-0.2, 0) is 6.54 Å². The topological polar surface area (TPSA) is 46.9 Å². The van der Waals surface area contributed by atoms with E-state index in [4.69, 9.17) is 23.2 Å². The zero-order valence-electron chi connectivity index (χ0n) is 15.3. The van der Waals surface area contributed by atoms with Crippen LogP contribution in [0, 0.1) is 0 Å². The van der Waals surface area contributed by atoms with Crippen LogP contribution in [0.3, 0.4) is 0 Å². The molecule has 29 heavy (non-hydrogen) atoms. The van der Waals surface area contributed by atoms with Crippen LogP contribution < -0.4 is 5.32 Å². The van der Waals surface area contributed by atoms with Gasteiger partial charge in [0.1, 0.15) is 0 Å². The Balaban J connectivity index is 1.58. The third kappa shape index (κ3) is 4.50. The molecule has 0 radical (unpaired) electrons. The molecule has 0 saturated carbocycles. The van der Waals surface area contributed by atoms with E-state index in [0.717, 1.165) is 16.7 Å². The quantitative estimate of drug-likeness (QED) is 0.419. The number of hydrogen-bond donors (Lipinski definition) is 1. The second-order valence-electron chi connectivity index (χ2n) is 6.52. The average molecular weight is 422 g/mol. The van der Waals surface area contributed by atoms with Crippen LogP contribution in [0.2, 0.25) is 10.0 Å². The minimum absolute atomic E-state index is 0.231. The highest BCUT2D eigenvalue weighted by Crippen LogP contribution is 2.28. The van der Waals surface area contributed by atoms with E-state index in [-0.39, 0.29) is 5.91 Å². The molecular weight excluding hydrogens is 405 g/mol. The monoisotopic (exact) mass is 421 g/mol. The van der Waals surface area contributed by atoms with Gasteiger partial charge in [-0.2, -0.15) is 5.10 Å². The molecule has 144 valence electrons. The molecule has 1 heterocycles. The van der Waals surface area contributed by atoms with Crippen molar-refractivity contribution in [3.8, 4) is 11.1 Å². The van der Waals surface area contributed by atoms with Gasteiger partial charge in [0.05, 0.1) is 17.3 Å². The predicted molar refractivity (Wildman–Crippen MR) is 118 cm³/mol. The fourth-order valence-electron chi connectivity index (χ4n) is 3.08. The van der Waals surface area contributed by atoms with Crippen molar-refractivity contribution in [3.05, 3.63) is 106 Å². The maximum Gasteiger partial charge on any atom is 0.256 e.